The molecule has 43 heavy (non-hydrogen) atoms. The molecule has 5 rings (SSSR count). The second kappa shape index (κ2) is 11.5. The van der Waals surface area contributed by atoms with E-state index < -0.39 is 0 Å². The number of ketones is 1. The number of aliphatic hydroxyl groups is 1. The smallest absolute Gasteiger partial charge is 0.361 e. The molecule has 2 aromatic carbocycles. The molecule has 0 radical (unpaired) electrons. The van der Waals surface area contributed by atoms with E-state index in [2.05, 4.69) is 73.4 Å². The summed E-state index contributed by atoms with van der Waals surface area (Å²) < 4.78 is 14.5. The lowest BCUT2D eigenvalue weighted by molar-refractivity contribution is -0.113. The number of benzene rings is 2. The maximum atomic E-state index is 13.4. The van der Waals surface area contributed by atoms with Crippen LogP contribution in [0.1, 0.15) is 52.7 Å². The molecule has 0 fully saturated rings. The van der Waals surface area contributed by atoms with Crippen molar-refractivity contribution in [1.82, 2.24) is 0 Å². The lowest BCUT2D eigenvalue weighted by Crippen LogP contribution is -2.23. The summed E-state index contributed by atoms with van der Waals surface area (Å²) in [5.41, 5.74) is 4.57. The predicted molar refractivity (Wildman–Crippen MR) is 181 cm³/mol. The monoisotopic (exact) mass is 701 g/mol. The maximum Gasteiger partial charge on any atom is 0.361 e. The molecule has 0 saturated heterocycles. The molecule has 220 valence electrons. The summed E-state index contributed by atoms with van der Waals surface area (Å²) in [6.07, 6.45) is 7.37. The van der Waals surface area contributed by atoms with Crippen molar-refractivity contribution in [2.75, 3.05) is 0 Å². The van der Waals surface area contributed by atoms with E-state index >= 15 is 0 Å². The minimum absolute atomic E-state index is 0.0217. The molecule has 2 heterocycles. The summed E-state index contributed by atoms with van der Waals surface area (Å²) in [5.74, 6) is 2.71. The van der Waals surface area contributed by atoms with E-state index in [0.717, 1.165) is 48.3 Å². The van der Waals surface area contributed by atoms with Crippen molar-refractivity contribution in [3.8, 4) is 22.6 Å². The third-order valence-electron chi connectivity index (χ3n) is 7.35. The molecule has 1 aliphatic heterocycles. The van der Waals surface area contributed by atoms with Gasteiger partial charge in [0, 0.05) is 19.8 Å². The number of Topliss-reactive ketones (excluding diaryl/α,β-unsaturated/α-hetero) is 1. The van der Waals surface area contributed by atoms with Gasteiger partial charge in [-0.05, 0) is 104 Å². The lowest BCUT2D eigenvalue weighted by atomic mass is 9.83. The normalized spacial score (nSPS) is 16.5. The Morgan fingerprint density at radius 1 is 0.814 bits per heavy atom. The Kier molecular flexibility index (Phi) is 8.32. The fourth-order valence-corrected chi connectivity index (χ4v) is 5.39. The van der Waals surface area contributed by atoms with Crippen molar-refractivity contribution in [2.45, 2.75) is 48.5 Å². The highest BCUT2D eigenvalue weighted by atomic mass is 79.9. The van der Waals surface area contributed by atoms with Crippen LogP contribution in [0.3, 0.4) is 0 Å². The lowest BCUT2D eigenvalue weighted by Gasteiger charge is -2.33. The highest BCUT2D eigenvalue weighted by Crippen LogP contribution is 2.41. The topological polar surface area (TPSA) is 57.8 Å². The van der Waals surface area contributed by atoms with Crippen LogP contribution in [0, 0.1) is 17.8 Å². The molecular formula is C37H35Br2O4+. The van der Waals surface area contributed by atoms with Crippen molar-refractivity contribution in [2.24, 2.45) is 10.8 Å². The second-order valence-electron chi connectivity index (χ2n) is 13.0. The molecule has 1 aromatic heterocycles. The summed E-state index contributed by atoms with van der Waals surface area (Å²) in [6, 6.07) is 17.7. The number of aryl methyl sites for hydroxylation is 1. The molecule has 0 unspecified atom stereocenters. The Balaban J connectivity index is 1.59. The van der Waals surface area contributed by atoms with Gasteiger partial charge in [-0.1, -0.05) is 59.7 Å². The molecule has 6 heteroatoms. The average molecular weight is 703 g/mol. The number of hydrogen-bond acceptors (Lipinski definition) is 3. The number of halogens is 2. The van der Waals surface area contributed by atoms with Crippen LogP contribution >= 0.6 is 31.9 Å². The van der Waals surface area contributed by atoms with Crippen LogP contribution in [0.4, 0.5) is 0 Å². The van der Waals surface area contributed by atoms with E-state index in [4.69, 9.17) is 9.15 Å². The van der Waals surface area contributed by atoms with Crippen molar-refractivity contribution in [3.63, 3.8) is 0 Å². The maximum absolute atomic E-state index is 13.4. The fraction of sp³-hybridized carbons (Fsp3) is 0.243. The zero-order valence-electron chi connectivity index (χ0n) is 25.4. The SMILES string of the molecule is Cc1ccccc1-c1cc(C=C2C(=O)C(C=C3C=C(C(C)(C)C)OC(C(C)(C)C)=C3)=C2O)cc(-c2ccc(Br)c(Br)c2)[o+]1. The van der Waals surface area contributed by atoms with E-state index in [1.165, 1.54) is 0 Å². The largest absolute Gasteiger partial charge is 0.506 e. The quantitative estimate of drug-likeness (QED) is 0.217. The first-order valence-electron chi connectivity index (χ1n) is 14.2. The highest BCUT2D eigenvalue weighted by molar-refractivity contribution is 9.13. The van der Waals surface area contributed by atoms with Gasteiger partial charge in [-0.15, -0.1) is 0 Å². The minimum atomic E-state index is -0.218. The average Bonchev–Trinajstić information content (AvgIpc) is 2.95. The van der Waals surface area contributed by atoms with Gasteiger partial charge in [-0.3, -0.25) is 4.79 Å². The molecule has 3 aromatic rings. The Bertz CT molecular complexity index is 1770. The molecule has 4 nitrogen and oxygen atoms in total. The van der Waals surface area contributed by atoms with Gasteiger partial charge in [-0.2, -0.15) is 0 Å². The first-order valence-corrected chi connectivity index (χ1v) is 15.7. The zero-order chi connectivity index (χ0) is 31.3. The number of carbonyl (C=O) groups excluding carboxylic acids is 1. The Labute approximate surface area is 270 Å². The van der Waals surface area contributed by atoms with Crippen LogP contribution in [0.25, 0.3) is 28.7 Å². The van der Waals surface area contributed by atoms with Gasteiger partial charge in [-0.25, -0.2) is 4.42 Å². The molecule has 0 spiro atoms. The van der Waals surface area contributed by atoms with Crippen molar-refractivity contribution in [1.29, 1.82) is 0 Å². The van der Waals surface area contributed by atoms with Gasteiger partial charge >= 0.3 is 11.5 Å². The van der Waals surface area contributed by atoms with E-state index in [-0.39, 0.29) is 33.5 Å². The standard InChI is InChI=1S/C37H34Br2O4/c1-21-10-8-9-11-25(21)31-17-22(16-30(42-31)24-12-13-28(38)29(39)20-24)14-26-34(40)27(35(26)41)15-23-18-32(36(2,3)4)43-33(19-23)37(5,6)7/h8-20H,1-7H3/p+1. The zero-order valence-corrected chi connectivity index (χ0v) is 28.6. The summed E-state index contributed by atoms with van der Waals surface area (Å²) in [6.45, 7) is 14.6. The van der Waals surface area contributed by atoms with Crippen molar-refractivity contribution < 1.29 is 19.1 Å². The molecule has 1 N–H and O–H groups in total. The molecule has 0 amide bonds. The van der Waals surface area contributed by atoms with Crippen LogP contribution in [-0.4, -0.2) is 10.9 Å². The Morgan fingerprint density at radius 2 is 1.44 bits per heavy atom. The molecule has 1 aliphatic carbocycles. The van der Waals surface area contributed by atoms with Gasteiger partial charge in [0.25, 0.3) is 0 Å². The number of aliphatic hydroxyl groups excluding tert-OH is 1. The number of allylic oxidation sites excluding steroid dienone is 8. The fourth-order valence-electron chi connectivity index (χ4n) is 4.77. The first kappa shape index (κ1) is 31.0. The first-order chi connectivity index (χ1) is 20.1. The van der Waals surface area contributed by atoms with Gasteiger partial charge in [0.05, 0.1) is 34.4 Å². The van der Waals surface area contributed by atoms with Crippen molar-refractivity contribution in [3.05, 3.63) is 127 Å². The van der Waals surface area contributed by atoms with Crippen LogP contribution in [0.2, 0.25) is 0 Å². The van der Waals surface area contributed by atoms with Gasteiger partial charge in [0.15, 0.2) is 0 Å². The number of ether oxygens (including phenoxy) is 1. The number of carbonyl (C=O) groups is 1. The third-order valence-corrected chi connectivity index (χ3v) is 9.23. The number of hydrogen-bond donors (Lipinski definition) is 1. The van der Waals surface area contributed by atoms with E-state index in [9.17, 15) is 9.90 Å². The van der Waals surface area contributed by atoms with Gasteiger partial charge in [0.1, 0.15) is 17.3 Å². The van der Waals surface area contributed by atoms with Crippen molar-refractivity contribution >= 4 is 43.7 Å². The van der Waals surface area contributed by atoms with Gasteiger partial charge < -0.3 is 9.84 Å². The van der Waals surface area contributed by atoms with Gasteiger partial charge in [0.2, 0.25) is 5.78 Å². The predicted octanol–water partition coefficient (Wildman–Crippen LogP) is 11.3. The summed E-state index contributed by atoms with van der Waals surface area (Å²) in [4.78, 5) is 13.4. The number of rotatable bonds is 4. The third kappa shape index (κ3) is 6.56. The molecule has 0 saturated carbocycles. The molecule has 0 atom stereocenters. The van der Waals surface area contributed by atoms with E-state index in [1.54, 1.807) is 12.2 Å². The van der Waals surface area contributed by atoms with Crippen LogP contribution < -0.4 is 0 Å². The van der Waals surface area contributed by atoms with Crippen LogP contribution in [0.5, 0.6) is 0 Å². The molecular weight excluding hydrogens is 668 g/mol. The van der Waals surface area contributed by atoms with Crippen LogP contribution in [-0.2, 0) is 9.53 Å². The summed E-state index contributed by atoms with van der Waals surface area (Å²) >= 11 is 7.11. The molecule has 2 aliphatic rings. The highest BCUT2D eigenvalue weighted by Gasteiger charge is 2.34. The summed E-state index contributed by atoms with van der Waals surface area (Å²) in [5, 5.41) is 11.1. The minimum Gasteiger partial charge on any atom is -0.506 e. The second-order valence-corrected chi connectivity index (χ2v) is 14.7. The Hall–Kier alpha value is -3.48. The van der Waals surface area contributed by atoms with E-state index in [0.29, 0.717) is 11.5 Å². The molecule has 0 bridgehead atoms. The van der Waals surface area contributed by atoms with Crippen LogP contribution in [0.15, 0.2) is 120 Å². The van der Waals surface area contributed by atoms with E-state index in [1.807, 2.05) is 73.7 Å². The summed E-state index contributed by atoms with van der Waals surface area (Å²) in [7, 11) is 0. The Morgan fingerprint density at radius 3 is 2.02 bits per heavy atom.